The second-order valence-electron chi connectivity index (χ2n) is 7.03. The summed E-state index contributed by atoms with van der Waals surface area (Å²) in [6.45, 7) is 8.81. The van der Waals surface area contributed by atoms with Crippen LogP contribution in [0.3, 0.4) is 0 Å². The Hall–Kier alpha value is -1.11. The van der Waals surface area contributed by atoms with Gasteiger partial charge >= 0.3 is 0 Å². The van der Waals surface area contributed by atoms with Crippen LogP contribution in [0.4, 0.5) is 0 Å². The van der Waals surface area contributed by atoms with E-state index in [1.54, 1.807) is 12.1 Å². The summed E-state index contributed by atoms with van der Waals surface area (Å²) in [7, 11) is -2.09. The van der Waals surface area contributed by atoms with E-state index in [1.165, 1.54) is 20.0 Å². The summed E-state index contributed by atoms with van der Waals surface area (Å²) in [4.78, 5) is 2.63. The first-order valence-electron chi connectivity index (χ1n) is 8.72. The number of aryl methyl sites for hydroxylation is 1. The monoisotopic (exact) mass is 354 g/mol. The van der Waals surface area contributed by atoms with E-state index in [0.29, 0.717) is 18.2 Å². The maximum Gasteiger partial charge on any atom is 0.244 e. The molecule has 2 rings (SSSR count). The highest BCUT2D eigenvalue weighted by Crippen LogP contribution is 2.25. The molecule has 1 aromatic carbocycles. The van der Waals surface area contributed by atoms with Gasteiger partial charge in [-0.05, 0) is 62.9 Å². The fourth-order valence-electron chi connectivity index (χ4n) is 3.29. The van der Waals surface area contributed by atoms with Gasteiger partial charge in [0.05, 0.1) is 7.11 Å². The number of rotatable bonds is 8. The number of ether oxygens (including phenoxy) is 1. The number of methoxy groups -OCH3 is 1. The molecule has 0 aromatic heterocycles. The third-order valence-corrected chi connectivity index (χ3v) is 5.96. The van der Waals surface area contributed by atoms with Gasteiger partial charge in [-0.2, -0.15) is 0 Å². The third-order valence-electron chi connectivity index (χ3n) is 4.52. The lowest BCUT2D eigenvalue weighted by Gasteiger charge is -2.29. The van der Waals surface area contributed by atoms with Crippen LogP contribution in [-0.2, 0) is 10.0 Å². The van der Waals surface area contributed by atoms with Crippen molar-refractivity contribution >= 4 is 10.0 Å². The molecule has 1 aromatic rings. The lowest BCUT2D eigenvalue weighted by atomic mass is 10.0. The van der Waals surface area contributed by atoms with Gasteiger partial charge < -0.3 is 4.74 Å². The average Bonchev–Trinajstić information content (AvgIpc) is 3.05. The molecule has 1 aliphatic rings. The minimum atomic E-state index is -3.59. The summed E-state index contributed by atoms with van der Waals surface area (Å²) in [6, 6.07) is 5.46. The number of hydrogen-bond acceptors (Lipinski definition) is 4. The minimum absolute atomic E-state index is 0.217. The molecule has 136 valence electrons. The fourth-order valence-corrected chi connectivity index (χ4v) is 4.61. The summed E-state index contributed by atoms with van der Waals surface area (Å²) in [6.07, 6.45) is 3.40. The molecule has 1 saturated heterocycles. The maximum absolute atomic E-state index is 12.8. The summed E-state index contributed by atoms with van der Waals surface area (Å²) in [5.41, 5.74) is 0.898. The predicted octanol–water partition coefficient (Wildman–Crippen LogP) is 2.79. The first-order valence-corrected chi connectivity index (χ1v) is 10.2. The lowest BCUT2D eigenvalue weighted by molar-refractivity contribution is 0.214. The smallest absolute Gasteiger partial charge is 0.244 e. The molecular formula is C18H30N2O3S. The molecular weight excluding hydrogens is 324 g/mol. The zero-order chi connectivity index (χ0) is 17.7. The molecule has 5 nitrogen and oxygen atoms in total. The van der Waals surface area contributed by atoms with Crippen LogP contribution in [0.1, 0.15) is 38.7 Å². The van der Waals surface area contributed by atoms with Crippen molar-refractivity contribution < 1.29 is 13.2 Å². The molecule has 6 heteroatoms. The zero-order valence-corrected chi connectivity index (χ0v) is 16.0. The lowest BCUT2D eigenvalue weighted by Crippen LogP contribution is -2.43. The highest BCUT2D eigenvalue weighted by molar-refractivity contribution is 7.89. The second-order valence-corrected chi connectivity index (χ2v) is 8.77. The van der Waals surface area contributed by atoms with Gasteiger partial charge in [0.15, 0.2) is 0 Å². The number of nitrogens with zero attached hydrogens (tertiary/aromatic N) is 1. The topological polar surface area (TPSA) is 58.6 Å². The molecule has 1 heterocycles. The van der Waals surface area contributed by atoms with Crippen LogP contribution in [-0.4, -0.2) is 46.1 Å². The highest BCUT2D eigenvalue weighted by atomic mass is 32.2. The zero-order valence-electron chi connectivity index (χ0n) is 15.2. The standard InChI is InChI=1S/C18H30N2O3S/c1-14(2)11-16(20-9-5-6-10-20)13-19-24(21,22)18-12-15(3)7-8-17(18)23-4/h7-8,12,14,16,19H,5-6,9-11,13H2,1-4H3. The van der Waals surface area contributed by atoms with Crippen molar-refractivity contribution in [3.8, 4) is 5.75 Å². The van der Waals surface area contributed by atoms with Crippen molar-refractivity contribution in [2.45, 2.75) is 51.0 Å². The number of hydrogen-bond donors (Lipinski definition) is 1. The Morgan fingerprint density at radius 2 is 1.92 bits per heavy atom. The van der Waals surface area contributed by atoms with Crippen molar-refractivity contribution in [1.82, 2.24) is 9.62 Å². The number of likely N-dealkylation sites (tertiary alicyclic amines) is 1. The summed E-state index contributed by atoms with van der Waals surface area (Å²) in [5.74, 6) is 0.920. The van der Waals surface area contributed by atoms with E-state index in [0.717, 1.165) is 25.1 Å². The molecule has 1 fully saturated rings. The molecule has 1 N–H and O–H groups in total. The number of benzene rings is 1. The van der Waals surface area contributed by atoms with Gasteiger partial charge in [0.25, 0.3) is 0 Å². The molecule has 0 saturated carbocycles. The van der Waals surface area contributed by atoms with Crippen molar-refractivity contribution in [3.63, 3.8) is 0 Å². The first kappa shape index (κ1) is 19.2. The SMILES string of the molecule is COc1ccc(C)cc1S(=O)(=O)NCC(CC(C)C)N1CCCC1. The van der Waals surface area contributed by atoms with Crippen LogP contribution < -0.4 is 9.46 Å². The Bertz CT molecular complexity index is 638. The van der Waals surface area contributed by atoms with Crippen LogP contribution in [0.25, 0.3) is 0 Å². The van der Waals surface area contributed by atoms with E-state index in [9.17, 15) is 8.42 Å². The van der Waals surface area contributed by atoms with Gasteiger partial charge in [-0.1, -0.05) is 19.9 Å². The van der Waals surface area contributed by atoms with Crippen molar-refractivity contribution in [1.29, 1.82) is 0 Å². The normalized spacial score (nSPS) is 17.4. The van der Waals surface area contributed by atoms with Crippen LogP contribution in [0, 0.1) is 12.8 Å². The van der Waals surface area contributed by atoms with E-state index in [-0.39, 0.29) is 10.9 Å². The van der Waals surface area contributed by atoms with Crippen molar-refractivity contribution in [3.05, 3.63) is 23.8 Å². The van der Waals surface area contributed by atoms with Crippen LogP contribution in [0.15, 0.2) is 23.1 Å². The molecule has 1 unspecified atom stereocenters. The highest BCUT2D eigenvalue weighted by Gasteiger charge is 2.26. The van der Waals surface area contributed by atoms with Gasteiger partial charge in [0.1, 0.15) is 10.6 Å². The summed E-state index contributed by atoms with van der Waals surface area (Å²) >= 11 is 0. The summed E-state index contributed by atoms with van der Waals surface area (Å²) < 4.78 is 33.6. The first-order chi connectivity index (χ1) is 11.3. The van der Waals surface area contributed by atoms with Gasteiger partial charge in [-0.3, -0.25) is 4.90 Å². The average molecular weight is 355 g/mol. The van der Waals surface area contributed by atoms with E-state index in [2.05, 4.69) is 23.5 Å². The molecule has 24 heavy (non-hydrogen) atoms. The van der Waals surface area contributed by atoms with E-state index in [4.69, 9.17) is 4.74 Å². The Morgan fingerprint density at radius 1 is 1.25 bits per heavy atom. The van der Waals surface area contributed by atoms with E-state index in [1.807, 2.05) is 13.0 Å². The van der Waals surface area contributed by atoms with Crippen LogP contribution >= 0.6 is 0 Å². The summed E-state index contributed by atoms with van der Waals surface area (Å²) in [5, 5.41) is 0. The second kappa shape index (κ2) is 8.32. The van der Waals surface area contributed by atoms with E-state index < -0.39 is 10.0 Å². The van der Waals surface area contributed by atoms with Gasteiger partial charge in [-0.15, -0.1) is 0 Å². The van der Waals surface area contributed by atoms with Gasteiger partial charge in [0.2, 0.25) is 10.0 Å². The molecule has 0 aliphatic carbocycles. The van der Waals surface area contributed by atoms with Gasteiger partial charge in [0, 0.05) is 12.6 Å². The Morgan fingerprint density at radius 3 is 2.50 bits per heavy atom. The molecule has 1 atom stereocenters. The van der Waals surface area contributed by atoms with E-state index >= 15 is 0 Å². The van der Waals surface area contributed by atoms with Crippen LogP contribution in [0.5, 0.6) is 5.75 Å². The predicted molar refractivity (Wildman–Crippen MR) is 97.0 cm³/mol. The van der Waals surface area contributed by atoms with Gasteiger partial charge in [-0.25, -0.2) is 13.1 Å². The third kappa shape index (κ3) is 4.94. The molecule has 0 bridgehead atoms. The number of sulfonamides is 1. The Labute approximate surface area is 146 Å². The Kier molecular flexibility index (Phi) is 6.66. The van der Waals surface area contributed by atoms with Crippen molar-refractivity contribution in [2.24, 2.45) is 5.92 Å². The molecule has 0 amide bonds. The van der Waals surface area contributed by atoms with Crippen molar-refractivity contribution in [2.75, 3.05) is 26.7 Å². The fraction of sp³-hybridized carbons (Fsp3) is 0.667. The quantitative estimate of drug-likeness (QED) is 0.780. The minimum Gasteiger partial charge on any atom is -0.495 e. The molecule has 0 spiro atoms. The maximum atomic E-state index is 12.8. The van der Waals surface area contributed by atoms with Crippen LogP contribution in [0.2, 0.25) is 0 Å². The Balaban J connectivity index is 2.13. The number of nitrogens with one attached hydrogen (secondary N) is 1. The largest absolute Gasteiger partial charge is 0.495 e. The molecule has 1 aliphatic heterocycles. The molecule has 0 radical (unpaired) electrons.